The normalized spacial score (nSPS) is 28.9. The molecule has 0 saturated carbocycles. The van der Waals surface area contributed by atoms with Crippen molar-refractivity contribution >= 4 is 0 Å². The molecule has 0 aromatic rings. The van der Waals surface area contributed by atoms with Crippen LogP contribution >= 0.6 is 0 Å². The molecule has 14 heavy (non-hydrogen) atoms. The van der Waals surface area contributed by atoms with Gasteiger partial charge >= 0.3 is 0 Å². The fraction of sp³-hybridized carbons (Fsp3) is 0.818. The van der Waals surface area contributed by atoms with Crippen molar-refractivity contribution in [3.05, 3.63) is 11.3 Å². The van der Waals surface area contributed by atoms with E-state index in [9.17, 15) is 0 Å². The molecule has 0 aliphatic carbocycles. The van der Waals surface area contributed by atoms with Crippen LogP contribution in [0.15, 0.2) is 11.3 Å². The maximum Gasteiger partial charge on any atom is 0.108 e. The molecule has 0 saturated heterocycles. The highest BCUT2D eigenvalue weighted by atomic mass is 16.7. The first-order valence-electron chi connectivity index (χ1n) is 5.40. The minimum absolute atomic E-state index is 0.476. The summed E-state index contributed by atoms with van der Waals surface area (Å²) >= 11 is 0. The van der Waals surface area contributed by atoms with Crippen molar-refractivity contribution in [1.29, 1.82) is 0 Å². The summed E-state index contributed by atoms with van der Waals surface area (Å²) in [6.45, 7) is 6.44. The van der Waals surface area contributed by atoms with Crippen LogP contribution in [-0.2, 0) is 4.84 Å². The minimum Gasteiger partial charge on any atom is -0.376 e. The van der Waals surface area contributed by atoms with Crippen molar-refractivity contribution in [2.45, 2.75) is 26.3 Å². The molecule has 1 unspecified atom stereocenters. The van der Waals surface area contributed by atoms with Gasteiger partial charge in [-0.1, -0.05) is 13.8 Å². The van der Waals surface area contributed by atoms with Gasteiger partial charge in [-0.15, -0.1) is 0 Å². The van der Waals surface area contributed by atoms with Crippen LogP contribution in [0.1, 0.15) is 20.3 Å². The Labute approximate surface area is 86.3 Å². The van der Waals surface area contributed by atoms with E-state index in [4.69, 9.17) is 4.84 Å². The summed E-state index contributed by atoms with van der Waals surface area (Å²) in [5.41, 5.74) is 3.01. The SMILES string of the molecule is CC(C)C1C2=C(CON1C)N(C)CC2. The van der Waals surface area contributed by atoms with Crippen LogP contribution in [0, 0.1) is 5.92 Å². The van der Waals surface area contributed by atoms with Gasteiger partial charge in [0.1, 0.15) is 6.61 Å². The van der Waals surface area contributed by atoms with E-state index >= 15 is 0 Å². The number of rotatable bonds is 1. The number of likely N-dealkylation sites (N-methyl/N-ethyl adjacent to an activating group) is 2. The van der Waals surface area contributed by atoms with Gasteiger partial charge in [-0.2, -0.15) is 5.06 Å². The highest BCUT2D eigenvalue weighted by Gasteiger charge is 2.34. The van der Waals surface area contributed by atoms with E-state index in [0.29, 0.717) is 12.0 Å². The molecule has 0 radical (unpaired) electrons. The van der Waals surface area contributed by atoms with Gasteiger partial charge in [0, 0.05) is 26.3 Å². The van der Waals surface area contributed by atoms with Gasteiger partial charge in [-0.3, -0.25) is 4.84 Å². The van der Waals surface area contributed by atoms with Crippen LogP contribution in [0.3, 0.4) is 0 Å². The largest absolute Gasteiger partial charge is 0.376 e. The molecule has 0 bridgehead atoms. The highest BCUT2D eigenvalue weighted by Crippen LogP contribution is 2.33. The van der Waals surface area contributed by atoms with Gasteiger partial charge in [0.15, 0.2) is 0 Å². The summed E-state index contributed by atoms with van der Waals surface area (Å²) in [7, 11) is 4.21. The fourth-order valence-corrected chi connectivity index (χ4v) is 2.62. The summed E-state index contributed by atoms with van der Waals surface area (Å²) in [6.07, 6.45) is 1.21. The molecular weight excluding hydrogens is 176 g/mol. The molecule has 2 rings (SSSR count). The average Bonchev–Trinajstić information content (AvgIpc) is 2.47. The maximum atomic E-state index is 5.67. The van der Waals surface area contributed by atoms with E-state index in [0.717, 1.165) is 13.2 Å². The summed E-state index contributed by atoms with van der Waals surface area (Å²) in [5, 5.41) is 2.03. The summed E-state index contributed by atoms with van der Waals surface area (Å²) in [4.78, 5) is 8.00. The maximum absolute atomic E-state index is 5.67. The van der Waals surface area contributed by atoms with Crippen molar-refractivity contribution in [2.24, 2.45) is 5.92 Å². The van der Waals surface area contributed by atoms with Crippen LogP contribution in [0.25, 0.3) is 0 Å². The zero-order valence-electron chi connectivity index (χ0n) is 9.58. The van der Waals surface area contributed by atoms with Gasteiger partial charge in [-0.25, -0.2) is 0 Å². The third-order valence-corrected chi connectivity index (χ3v) is 3.33. The van der Waals surface area contributed by atoms with Crippen molar-refractivity contribution in [2.75, 3.05) is 27.2 Å². The molecule has 0 aromatic heterocycles. The van der Waals surface area contributed by atoms with Gasteiger partial charge < -0.3 is 4.90 Å². The predicted octanol–water partition coefficient (Wildman–Crippen LogP) is 1.48. The third kappa shape index (κ3) is 1.44. The first kappa shape index (κ1) is 9.99. The topological polar surface area (TPSA) is 15.7 Å². The monoisotopic (exact) mass is 196 g/mol. The number of hydrogen-bond donors (Lipinski definition) is 0. The summed E-state index contributed by atoms with van der Waals surface area (Å²) in [5.74, 6) is 0.622. The average molecular weight is 196 g/mol. The third-order valence-electron chi connectivity index (χ3n) is 3.33. The van der Waals surface area contributed by atoms with Gasteiger partial charge in [0.25, 0.3) is 0 Å². The molecule has 3 nitrogen and oxygen atoms in total. The zero-order chi connectivity index (χ0) is 10.3. The van der Waals surface area contributed by atoms with Crippen LogP contribution in [0.5, 0.6) is 0 Å². The standard InChI is InChI=1S/C11H20N2O/c1-8(2)11-9-5-6-12(3)10(9)7-14-13(11)4/h8,11H,5-7H2,1-4H3. The first-order valence-corrected chi connectivity index (χ1v) is 5.40. The van der Waals surface area contributed by atoms with Crippen molar-refractivity contribution < 1.29 is 4.84 Å². The van der Waals surface area contributed by atoms with Crippen LogP contribution in [0.2, 0.25) is 0 Å². The molecule has 80 valence electrons. The quantitative estimate of drug-likeness (QED) is 0.632. The van der Waals surface area contributed by atoms with Gasteiger partial charge in [-0.05, 0) is 17.9 Å². The Morgan fingerprint density at radius 3 is 2.71 bits per heavy atom. The van der Waals surface area contributed by atoms with E-state index in [1.807, 2.05) is 12.1 Å². The van der Waals surface area contributed by atoms with Crippen LogP contribution < -0.4 is 0 Å². The summed E-state index contributed by atoms with van der Waals surface area (Å²) < 4.78 is 0. The molecule has 0 aromatic carbocycles. The molecule has 0 N–H and O–H groups in total. The Morgan fingerprint density at radius 2 is 2.07 bits per heavy atom. The second-order valence-electron chi connectivity index (χ2n) is 4.65. The Hall–Kier alpha value is -0.540. The lowest BCUT2D eigenvalue weighted by molar-refractivity contribution is -0.172. The molecule has 1 atom stereocenters. The lowest BCUT2D eigenvalue weighted by atomic mass is 9.93. The number of hydrogen-bond acceptors (Lipinski definition) is 3. The molecule has 2 heterocycles. The molecule has 2 aliphatic heterocycles. The van der Waals surface area contributed by atoms with Gasteiger partial charge in [0.05, 0.1) is 6.04 Å². The Morgan fingerprint density at radius 1 is 1.36 bits per heavy atom. The molecular formula is C11H20N2O. The lowest BCUT2D eigenvalue weighted by Crippen LogP contribution is -2.42. The first-order chi connectivity index (χ1) is 6.61. The van der Waals surface area contributed by atoms with E-state index in [2.05, 4.69) is 25.8 Å². The Kier molecular flexibility index (Phi) is 2.54. The van der Waals surface area contributed by atoms with E-state index in [1.54, 1.807) is 5.57 Å². The smallest absolute Gasteiger partial charge is 0.108 e. The predicted molar refractivity (Wildman–Crippen MR) is 56.6 cm³/mol. The second-order valence-corrected chi connectivity index (χ2v) is 4.65. The highest BCUT2D eigenvalue weighted by molar-refractivity contribution is 5.26. The van der Waals surface area contributed by atoms with Crippen LogP contribution in [0.4, 0.5) is 0 Å². The second kappa shape index (κ2) is 3.55. The van der Waals surface area contributed by atoms with Crippen molar-refractivity contribution in [3.63, 3.8) is 0 Å². The Balaban J connectivity index is 2.29. The summed E-state index contributed by atoms with van der Waals surface area (Å²) in [6, 6.07) is 0.476. The number of nitrogens with zero attached hydrogens (tertiary/aromatic N) is 2. The minimum atomic E-state index is 0.476. The lowest BCUT2D eigenvalue weighted by Gasteiger charge is -2.36. The molecule has 0 spiro atoms. The molecule has 3 heteroatoms. The molecule has 0 fully saturated rings. The van der Waals surface area contributed by atoms with Gasteiger partial charge in [0.2, 0.25) is 0 Å². The Bertz CT molecular complexity index is 260. The molecule has 0 amide bonds. The van der Waals surface area contributed by atoms with Crippen LogP contribution in [-0.4, -0.2) is 43.3 Å². The van der Waals surface area contributed by atoms with E-state index < -0.39 is 0 Å². The van der Waals surface area contributed by atoms with E-state index in [-0.39, 0.29) is 0 Å². The van der Waals surface area contributed by atoms with Crippen molar-refractivity contribution in [1.82, 2.24) is 9.96 Å². The zero-order valence-corrected chi connectivity index (χ0v) is 9.58. The van der Waals surface area contributed by atoms with E-state index in [1.165, 1.54) is 12.1 Å². The fourth-order valence-electron chi connectivity index (χ4n) is 2.62. The molecule has 2 aliphatic rings. The number of hydroxylamine groups is 2. The van der Waals surface area contributed by atoms with Crippen molar-refractivity contribution in [3.8, 4) is 0 Å².